The zero-order valence-electron chi connectivity index (χ0n) is 22.7. The van der Waals surface area contributed by atoms with Gasteiger partial charge in [-0.05, 0) is 50.8 Å². The number of benzene rings is 1. The first-order chi connectivity index (χ1) is 18.9. The molecular formula is C28H35F2N7O2. The van der Waals surface area contributed by atoms with Crippen molar-refractivity contribution in [2.24, 2.45) is 0 Å². The van der Waals surface area contributed by atoms with Gasteiger partial charge in [0.15, 0.2) is 11.6 Å². The predicted octanol–water partition coefficient (Wildman–Crippen LogP) is 4.27. The van der Waals surface area contributed by atoms with Crippen LogP contribution in [0.5, 0.6) is 0 Å². The van der Waals surface area contributed by atoms with Crippen molar-refractivity contribution in [1.82, 2.24) is 30.0 Å². The number of aryl methyl sites for hydroxylation is 2. The van der Waals surface area contributed by atoms with Gasteiger partial charge in [0.05, 0.1) is 11.9 Å². The molecule has 5 rings (SSSR count). The highest BCUT2D eigenvalue weighted by Gasteiger charge is 2.35. The van der Waals surface area contributed by atoms with E-state index in [9.17, 15) is 13.6 Å². The number of nitrogens with zero attached hydrogens (tertiary/aromatic N) is 7. The number of rotatable bonds is 7. The summed E-state index contributed by atoms with van der Waals surface area (Å²) in [5.74, 6) is -0.311. The molecule has 208 valence electrons. The van der Waals surface area contributed by atoms with Crippen LogP contribution in [-0.4, -0.2) is 80.7 Å². The van der Waals surface area contributed by atoms with Gasteiger partial charge in [0.2, 0.25) is 5.89 Å². The smallest absolute Gasteiger partial charge is 0.267 e. The molecule has 2 saturated heterocycles. The third-order valence-corrected chi connectivity index (χ3v) is 7.76. The largest absolute Gasteiger partial charge is 0.419 e. The molecule has 0 radical (unpaired) electrons. The fraction of sp³-hybridized carbons (Fsp3) is 0.536. The van der Waals surface area contributed by atoms with Gasteiger partial charge in [-0.2, -0.15) is 0 Å². The average Bonchev–Trinajstić information content (AvgIpc) is 3.43. The Labute approximate surface area is 227 Å². The fourth-order valence-corrected chi connectivity index (χ4v) is 5.68. The molecule has 1 atom stereocenters. The van der Waals surface area contributed by atoms with Gasteiger partial charge in [-0.15, -0.1) is 10.2 Å². The number of piperazine rings is 1. The summed E-state index contributed by atoms with van der Waals surface area (Å²) in [6, 6.07) is 4.07. The Kier molecular flexibility index (Phi) is 8.15. The maximum atomic E-state index is 13.6. The number of piperidine rings is 1. The molecule has 2 fully saturated rings. The molecule has 0 unspecified atom stereocenters. The number of likely N-dealkylation sites (tertiary alicyclic amines) is 1. The number of carbonyl (C=O) groups is 1. The van der Waals surface area contributed by atoms with Crippen molar-refractivity contribution in [3.63, 3.8) is 0 Å². The van der Waals surface area contributed by atoms with Crippen molar-refractivity contribution in [3.05, 3.63) is 53.2 Å². The summed E-state index contributed by atoms with van der Waals surface area (Å²) < 4.78 is 32.6. The Morgan fingerprint density at radius 1 is 1.08 bits per heavy atom. The normalized spacial score (nSPS) is 19.1. The van der Waals surface area contributed by atoms with Crippen molar-refractivity contribution in [2.75, 3.05) is 37.6 Å². The first-order valence-corrected chi connectivity index (χ1v) is 13.8. The van der Waals surface area contributed by atoms with Crippen LogP contribution >= 0.6 is 0 Å². The highest BCUT2D eigenvalue weighted by molar-refractivity contribution is 5.94. The maximum absolute atomic E-state index is 13.6. The number of anilines is 1. The van der Waals surface area contributed by atoms with Gasteiger partial charge in [-0.1, -0.05) is 13.8 Å². The van der Waals surface area contributed by atoms with Crippen LogP contribution < -0.4 is 4.90 Å². The van der Waals surface area contributed by atoms with Gasteiger partial charge in [0.1, 0.15) is 11.5 Å². The fourth-order valence-electron chi connectivity index (χ4n) is 5.68. The first kappa shape index (κ1) is 27.1. The number of halogens is 2. The summed E-state index contributed by atoms with van der Waals surface area (Å²) in [5, 5.41) is 8.20. The summed E-state index contributed by atoms with van der Waals surface area (Å²) >= 11 is 0. The third-order valence-electron chi connectivity index (χ3n) is 7.76. The lowest BCUT2D eigenvalue weighted by molar-refractivity contribution is 0.0490. The van der Waals surface area contributed by atoms with Gasteiger partial charge < -0.3 is 14.2 Å². The van der Waals surface area contributed by atoms with Crippen LogP contribution in [0.3, 0.4) is 0 Å². The van der Waals surface area contributed by atoms with E-state index in [4.69, 9.17) is 14.4 Å². The molecule has 1 aromatic carbocycles. The van der Waals surface area contributed by atoms with Gasteiger partial charge in [0, 0.05) is 56.8 Å². The monoisotopic (exact) mass is 539 g/mol. The van der Waals surface area contributed by atoms with E-state index in [1.165, 1.54) is 6.07 Å². The van der Waals surface area contributed by atoms with Gasteiger partial charge in [0.25, 0.3) is 11.8 Å². The number of aromatic nitrogens is 4. The molecule has 1 amide bonds. The molecule has 0 aliphatic carbocycles. The second-order valence-electron chi connectivity index (χ2n) is 10.3. The van der Waals surface area contributed by atoms with E-state index in [-0.39, 0.29) is 11.5 Å². The SMILES string of the molecule is CCCc1nnc(-c2cnc(N3CCN(C4CCN(C(=O)c5ccc(F)c(F)c5)CC4)[C@@H](CC)C3)c(C)n2)o1. The van der Waals surface area contributed by atoms with E-state index >= 15 is 0 Å². The minimum atomic E-state index is -0.996. The molecule has 39 heavy (non-hydrogen) atoms. The van der Waals surface area contributed by atoms with E-state index < -0.39 is 11.6 Å². The van der Waals surface area contributed by atoms with Gasteiger partial charge >= 0.3 is 0 Å². The summed E-state index contributed by atoms with van der Waals surface area (Å²) in [7, 11) is 0. The van der Waals surface area contributed by atoms with Crippen LogP contribution in [-0.2, 0) is 6.42 Å². The molecule has 9 nitrogen and oxygen atoms in total. The minimum Gasteiger partial charge on any atom is -0.419 e. The standard InChI is InChI=1S/C28H35F2N7O2/c1-4-6-25-33-34-27(39-25)24-16-31-26(18(3)32-24)36-13-14-37(20(5-2)17-36)21-9-11-35(12-10-21)28(38)19-7-8-22(29)23(30)15-19/h7-8,15-16,20-21H,4-6,9-14,17H2,1-3H3/t20-/m0/s1. The summed E-state index contributed by atoms with van der Waals surface area (Å²) in [6.07, 6.45) is 6.08. The lowest BCUT2D eigenvalue weighted by atomic mass is 9.97. The molecule has 0 bridgehead atoms. The minimum absolute atomic E-state index is 0.190. The molecule has 0 saturated carbocycles. The van der Waals surface area contributed by atoms with E-state index in [2.05, 4.69) is 33.8 Å². The van der Waals surface area contributed by atoms with Gasteiger partial charge in [-0.3, -0.25) is 9.69 Å². The van der Waals surface area contributed by atoms with E-state index in [1.54, 1.807) is 11.1 Å². The highest BCUT2D eigenvalue weighted by atomic mass is 19.2. The topological polar surface area (TPSA) is 91.5 Å². The van der Waals surface area contributed by atoms with Crippen molar-refractivity contribution in [2.45, 2.75) is 65.0 Å². The lowest BCUT2D eigenvalue weighted by Gasteiger charge is -2.47. The predicted molar refractivity (Wildman–Crippen MR) is 142 cm³/mol. The van der Waals surface area contributed by atoms with Crippen LogP contribution in [0.2, 0.25) is 0 Å². The molecule has 0 spiro atoms. The number of hydrogen-bond donors (Lipinski definition) is 0. The highest BCUT2D eigenvalue weighted by Crippen LogP contribution is 2.28. The zero-order valence-corrected chi connectivity index (χ0v) is 22.7. The van der Waals surface area contributed by atoms with Crippen molar-refractivity contribution < 1.29 is 18.0 Å². The molecule has 3 aromatic rings. The zero-order chi connectivity index (χ0) is 27.5. The van der Waals surface area contributed by atoms with Crippen molar-refractivity contribution in [3.8, 4) is 11.6 Å². The molecular weight excluding hydrogens is 504 g/mol. The van der Waals surface area contributed by atoms with Crippen LogP contribution in [0.4, 0.5) is 14.6 Å². The van der Waals surface area contributed by atoms with Crippen molar-refractivity contribution >= 4 is 11.7 Å². The second kappa shape index (κ2) is 11.7. The second-order valence-corrected chi connectivity index (χ2v) is 10.3. The van der Waals surface area contributed by atoms with E-state index in [0.29, 0.717) is 42.6 Å². The Bertz CT molecular complexity index is 1310. The Hall–Kier alpha value is -3.47. The number of amides is 1. The van der Waals surface area contributed by atoms with Crippen LogP contribution in [0.25, 0.3) is 11.6 Å². The molecule has 2 aliphatic rings. The first-order valence-electron chi connectivity index (χ1n) is 13.8. The van der Waals surface area contributed by atoms with Crippen LogP contribution in [0.15, 0.2) is 28.8 Å². The Morgan fingerprint density at radius 2 is 1.87 bits per heavy atom. The van der Waals surface area contributed by atoms with Crippen LogP contribution in [0, 0.1) is 18.6 Å². The molecule has 2 aliphatic heterocycles. The molecule has 11 heteroatoms. The molecule has 0 N–H and O–H groups in total. The Morgan fingerprint density at radius 3 is 2.56 bits per heavy atom. The Balaban J connectivity index is 1.20. The van der Waals surface area contributed by atoms with Crippen LogP contribution in [0.1, 0.15) is 61.5 Å². The van der Waals surface area contributed by atoms with Crippen molar-refractivity contribution in [1.29, 1.82) is 0 Å². The quantitative estimate of drug-likeness (QED) is 0.440. The summed E-state index contributed by atoms with van der Waals surface area (Å²) in [4.78, 5) is 28.9. The average molecular weight is 540 g/mol. The number of carbonyl (C=O) groups excluding carboxylic acids is 1. The summed E-state index contributed by atoms with van der Waals surface area (Å²) in [5.41, 5.74) is 1.60. The number of hydrogen-bond acceptors (Lipinski definition) is 8. The maximum Gasteiger partial charge on any atom is 0.267 e. The van der Waals surface area contributed by atoms with Gasteiger partial charge in [-0.25, -0.2) is 18.7 Å². The van der Waals surface area contributed by atoms with E-state index in [1.807, 2.05) is 6.92 Å². The summed E-state index contributed by atoms with van der Waals surface area (Å²) in [6.45, 7) is 10.0. The van der Waals surface area contributed by atoms with E-state index in [0.717, 1.165) is 75.4 Å². The molecule has 4 heterocycles. The third kappa shape index (κ3) is 5.78. The molecule has 2 aromatic heterocycles. The lowest BCUT2D eigenvalue weighted by Crippen LogP contribution is -2.58.